The predicted molar refractivity (Wildman–Crippen MR) is 85.7 cm³/mol. The molecule has 0 radical (unpaired) electrons. The van der Waals surface area contributed by atoms with Crippen molar-refractivity contribution in [2.24, 2.45) is 13.0 Å². The minimum atomic E-state index is -0.251. The molecule has 2 N–H and O–H groups in total. The van der Waals surface area contributed by atoms with Gasteiger partial charge >= 0.3 is 6.03 Å². The van der Waals surface area contributed by atoms with E-state index >= 15 is 0 Å². The molecule has 1 heterocycles. The Hall–Kier alpha value is -2.56. The molecule has 0 spiro atoms. The molecule has 0 saturated heterocycles. The summed E-state index contributed by atoms with van der Waals surface area (Å²) in [6.45, 7) is 0. The highest BCUT2D eigenvalue weighted by atomic mass is 16.2. The fourth-order valence-electron chi connectivity index (χ4n) is 2.54. The first-order valence-corrected chi connectivity index (χ1v) is 7.42. The number of aryl methyl sites for hydroxylation is 1. The molecule has 2 amide bonds. The molecule has 1 saturated carbocycles. The molecule has 1 aliphatic rings. The molecule has 1 fully saturated rings. The Kier molecular flexibility index (Phi) is 3.96. The number of urea groups is 1. The van der Waals surface area contributed by atoms with E-state index in [9.17, 15) is 9.59 Å². The van der Waals surface area contributed by atoms with Gasteiger partial charge in [0, 0.05) is 19.3 Å². The van der Waals surface area contributed by atoms with Crippen LogP contribution in [0.2, 0.25) is 0 Å². The normalized spacial score (nSPS) is 15.1. The first kappa shape index (κ1) is 14.4. The van der Waals surface area contributed by atoms with Crippen molar-refractivity contribution in [3.05, 3.63) is 64.6 Å². The summed E-state index contributed by atoms with van der Waals surface area (Å²) in [5, 5.41) is 5.82. The highest BCUT2D eigenvalue weighted by Gasteiger charge is 2.33. The second-order valence-electron chi connectivity index (χ2n) is 5.69. The monoisotopic (exact) mass is 297 g/mol. The van der Waals surface area contributed by atoms with Crippen molar-refractivity contribution < 1.29 is 4.79 Å². The molecule has 1 aromatic carbocycles. The molecule has 114 valence electrons. The van der Waals surface area contributed by atoms with Gasteiger partial charge in [-0.05, 0) is 30.4 Å². The van der Waals surface area contributed by atoms with Gasteiger partial charge in [-0.2, -0.15) is 0 Å². The summed E-state index contributed by atoms with van der Waals surface area (Å²) in [5.41, 5.74) is 1.62. The maximum Gasteiger partial charge on any atom is 0.319 e. The van der Waals surface area contributed by atoms with Crippen LogP contribution in [0, 0.1) is 5.92 Å². The van der Waals surface area contributed by atoms with Crippen LogP contribution < -0.4 is 16.2 Å². The zero-order valence-corrected chi connectivity index (χ0v) is 12.5. The topological polar surface area (TPSA) is 63.1 Å². The highest BCUT2D eigenvalue weighted by molar-refractivity contribution is 5.89. The van der Waals surface area contributed by atoms with Crippen molar-refractivity contribution in [1.29, 1.82) is 0 Å². The number of nitrogens with one attached hydrogen (secondary N) is 2. The minimum Gasteiger partial charge on any atom is -0.331 e. The summed E-state index contributed by atoms with van der Waals surface area (Å²) in [5.74, 6) is 0.508. The zero-order chi connectivity index (χ0) is 15.5. The van der Waals surface area contributed by atoms with Gasteiger partial charge in [-0.3, -0.25) is 4.79 Å². The molecule has 1 atom stereocenters. The maximum atomic E-state index is 12.2. The fraction of sp³-hybridized carbons (Fsp3) is 0.294. The number of anilines is 1. The van der Waals surface area contributed by atoms with E-state index in [0.29, 0.717) is 11.6 Å². The van der Waals surface area contributed by atoms with Crippen LogP contribution in [0.3, 0.4) is 0 Å². The smallest absolute Gasteiger partial charge is 0.319 e. The van der Waals surface area contributed by atoms with E-state index in [1.807, 2.05) is 30.3 Å². The Morgan fingerprint density at radius 2 is 1.91 bits per heavy atom. The fourth-order valence-corrected chi connectivity index (χ4v) is 2.54. The van der Waals surface area contributed by atoms with Crippen LogP contribution in [0.5, 0.6) is 0 Å². The van der Waals surface area contributed by atoms with Gasteiger partial charge in [0.15, 0.2) is 0 Å². The molecule has 2 aromatic rings. The lowest BCUT2D eigenvalue weighted by Crippen LogP contribution is -2.34. The van der Waals surface area contributed by atoms with Gasteiger partial charge in [-0.15, -0.1) is 0 Å². The number of amides is 2. The van der Waals surface area contributed by atoms with E-state index in [1.54, 1.807) is 19.3 Å². The third-order valence-electron chi connectivity index (χ3n) is 3.88. The number of aromatic nitrogens is 1. The van der Waals surface area contributed by atoms with E-state index < -0.39 is 0 Å². The van der Waals surface area contributed by atoms with Gasteiger partial charge in [0.25, 0.3) is 0 Å². The van der Waals surface area contributed by atoms with Gasteiger partial charge in [-0.25, -0.2) is 4.79 Å². The van der Waals surface area contributed by atoms with Crippen molar-refractivity contribution in [3.8, 4) is 0 Å². The molecule has 22 heavy (non-hydrogen) atoms. The molecular formula is C17H19N3O2. The Bertz CT molecular complexity index is 720. The van der Waals surface area contributed by atoms with E-state index in [1.165, 1.54) is 10.6 Å². The van der Waals surface area contributed by atoms with E-state index in [4.69, 9.17) is 0 Å². The van der Waals surface area contributed by atoms with Crippen LogP contribution in [-0.2, 0) is 7.05 Å². The summed E-state index contributed by atoms with van der Waals surface area (Å²) in [4.78, 5) is 23.6. The second kappa shape index (κ2) is 6.05. The number of carbonyl (C=O) groups excluding carboxylic acids is 1. The standard InChI is InChI=1S/C17H19N3O2/c1-20-11-14(9-10-15(20)21)18-17(22)19-16(13-7-8-13)12-5-3-2-4-6-12/h2-6,9-11,13,16H,7-8H2,1H3,(H2,18,19,22)/t16-/m1/s1. The van der Waals surface area contributed by atoms with Crippen LogP contribution in [-0.4, -0.2) is 10.6 Å². The molecule has 5 heteroatoms. The van der Waals surface area contributed by atoms with Crippen LogP contribution in [0.4, 0.5) is 10.5 Å². The molecule has 5 nitrogen and oxygen atoms in total. The van der Waals surface area contributed by atoms with Crippen molar-refractivity contribution in [2.75, 3.05) is 5.32 Å². The summed E-state index contributed by atoms with van der Waals surface area (Å²) in [7, 11) is 1.66. The van der Waals surface area contributed by atoms with Crippen molar-refractivity contribution in [1.82, 2.24) is 9.88 Å². The maximum absolute atomic E-state index is 12.2. The first-order chi connectivity index (χ1) is 10.6. The lowest BCUT2D eigenvalue weighted by Gasteiger charge is -2.19. The summed E-state index contributed by atoms with van der Waals surface area (Å²) in [6.07, 6.45) is 3.88. The van der Waals surface area contributed by atoms with Crippen LogP contribution in [0.25, 0.3) is 0 Å². The number of carbonyl (C=O) groups is 1. The number of pyridine rings is 1. The SMILES string of the molecule is Cn1cc(NC(=O)N[C@H](c2ccccc2)C2CC2)ccc1=O. The second-order valence-corrected chi connectivity index (χ2v) is 5.69. The van der Waals surface area contributed by atoms with Crippen molar-refractivity contribution in [3.63, 3.8) is 0 Å². The quantitative estimate of drug-likeness (QED) is 0.911. The summed E-state index contributed by atoms with van der Waals surface area (Å²) in [6, 6.07) is 12.8. The number of benzene rings is 1. The van der Waals surface area contributed by atoms with Crippen LogP contribution >= 0.6 is 0 Å². The summed E-state index contributed by atoms with van der Waals surface area (Å²) < 4.78 is 1.44. The van der Waals surface area contributed by atoms with E-state index in [2.05, 4.69) is 10.6 Å². The predicted octanol–water partition coefficient (Wildman–Crippen LogP) is 2.66. The average molecular weight is 297 g/mol. The highest BCUT2D eigenvalue weighted by Crippen LogP contribution is 2.40. The number of hydrogen-bond donors (Lipinski definition) is 2. The lowest BCUT2D eigenvalue weighted by molar-refractivity contribution is 0.247. The molecule has 3 rings (SSSR count). The Balaban J connectivity index is 1.69. The average Bonchev–Trinajstić information content (AvgIpc) is 3.34. The van der Waals surface area contributed by atoms with Gasteiger partial charge in [0.05, 0.1) is 11.7 Å². The van der Waals surface area contributed by atoms with Gasteiger partial charge in [0.1, 0.15) is 0 Å². The molecule has 0 unspecified atom stereocenters. The van der Waals surface area contributed by atoms with Gasteiger partial charge < -0.3 is 15.2 Å². The third-order valence-corrected chi connectivity index (χ3v) is 3.88. The number of rotatable bonds is 4. The largest absolute Gasteiger partial charge is 0.331 e. The van der Waals surface area contributed by atoms with E-state index in [-0.39, 0.29) is 17.6 Å². The molecule has 0 bridgehead atoms. The Morgan fingerprint density at radius 1 is 1.18 bits per heavy atom. The van der Waals surface area contributed by atoms with Gasteiger partial charge in [-0.1, -0.05) is 30.3 Å². The molecular weight excluding hydrogens is 278 g/mol. The number of hydrogen-bond acceptors (Lipinski definition) is 2. The van der Waals surface area contributed by atoms with Gasteiger partial charge in [0.2, 0.25) is 5.56 Å². The molecule has 1 aliphatic carbocycles. The van der Waals surface area contributed by atoms with Crippen molar-refractivity contribution in [2.45, 2.75) is 18.9 Å². The third kappa shape index (κ3) is 3.36. The Morgan fingerprint density at radius 3 is 2.55 bits per heavy atom. The number of nitrogens with zero attached hydrogens (tertiary/aromatic N) is 1. The molecule has 1 aromatic heterocycles. The summed E-state index contributed by atoms with van der Waals surface area (Å²) >= 11 is 0. The lowest BCUT2D eigenvalue weighted by atomic mass is 10.0. The van der Waals surface area contributed by atoms with Crippen molar-refractivity contribution >= 4 is 11.7 Å². The van der Waals surface area contributed by atoms with E-state index in [0.717, 1.165) is 18.4 Å². The van der Waals surface area contributed by atoms with Crippen LogP contribution in [0.15, 0.2) is 53.5 Å². The Labute approximate surface area is 129 Å². The molecule has 0 aliphatic heterocycles. The minimum absolute atomic E-state index is 0.0359. The first-order valence-electron chi connectivity index (χ1n) is 7.42. The zero-order valence-electron chi connectivity index (χ0n) is 12.5. The van der Waals surface area contributed by atoms with Crippen LogP contribution in [0.1, 0.15) is 24.4 Å².